The van der Waals surface area contributed by atoms with Gasteiger partial charge in [0.05, 0.1) is 5.92 Å². The van der Waals surface area contributed by atoms with Crippen LogP contribution in [-0.2, 0) is 9.59 Å². The standard InChI is InChI=1S/C25H25NO3/c1-16(19-12-7-9-18-8-3-4-10-21(18)19)25(29)26-17(2)20(14-15-24(27)28)22-11-5-6-13-23(22)26/h3-13,16-17,20H,14-15H2,1-2H3,(H,27,28). The summed E-state index contributed by atoms with van der Waals surface area (Å²) in [5.41, 5.74) is 3.00. The third-order valence-corrected chi connectivity index (χ3v) is 6.15. The van der Waals surface area contributed by atoms with Gasteiger partial charge in [0, 0.05) is 24.1 Å². The number of fused-ring (bicyclic) bond motifs is 2. The molecular weight excluding hydrogens is 362 g/mol. The molecule has 0 saturated carbocycles. The van der Waals surface area contributed by atoms with E-state index in [1.54, 1.807) is 0 Å². The Labute approximate surface area is 170 Å². The highest BCUT2D eigenvalue weighted by Crippen LogP contribution is 2.44. The molecule has 0 bridgehead atoms. The number of anilines is 1. The van der Waals surface area contributed by atoms with Crippen molar-refractivity contribution >= 4 is 28.3 Å². The normalized spacial score (nSPS) is 19.2. The molecule has 1 amide bonds. The summed E-state index contributed by atoms with van der Waals surface area (Å²) in [6.45, 7) is 3.99. The molecule has 0 fully saturated rings. The third kappa shape index (κ3) is 3.39. The van der Waals surface area contributed by atoms with Crippen molar-refractivity contribution in [2.45, 2.75) is 44.6 Å². The monoisotopic (exact) mass is 387 g/mol. The van der Waals surface area contributed by atoms with Crippen LogP contribution < -0.4 is 4.90 Å². The zero-order valence-electron chi connectivity index (χ0n) is 16.7. The quantitative estimate of drug-likeness (QED) is 0.644. The number of hydrogen-bond donors (Lipinski definition) is 1. The van der Waals surface area contributed by atoms with Crippen molar-refractivity contribution in [1.82, 2.24) is 0 Å². The number of benzene rings is 3. The van der Waals surface area contributed by atoms with E-state index in [2.05, 4.69) is 18.2 Å². The van der Waals surface area contributed by atoms with Crippen molar-refractivity contribution in [3.05, 3.63) is 77.9 Å². The van der Waals surface area contributed by atoms with Crippen LogP contribution in [-0.4, -0.2) is 23.0 Å². The zero-order valence-corrected chi connectivity index (χ0v) is 16.7. The van der Waals surface area contributed by atoms with Crippen LogP contribution in [0.25, 0.3) is 10.8 Å². The summed E-state index contributed by atoms with van der Waals surface area (Å²) in [5.74, 6) is -1.01. The number of carbonyl (C=O) groups is 2. The van der Waals surface area contributed by atoms with Gasteiger partial charge in [-0.25, -0.2) is 0 Å². The largest absolute Gasteiger partial charge is 0.481 e. The van der Waals surface area contributed by atoms with Crippen molar-refractivity contribution in [1.29, 1.82) is 0 Å². The van der Waals surface area contributed by atoms with Gasteiger partial charge >= 0.3 is 5.97 Å². The zero-order chi connectivity index (χ0) is 20.5. The molecule has 4 heteroatoms. The van der Waals surface area contributed by atoms with Crippen molar-refractivity contribution < 1.29 is 14.7 Å². The second-order valence-corrected chi connectivity index (χ2v) is 7.84. The maximum absolute atomic E-state index is 13.7. The highest BCUT2D eigenvalue weighted by molar-refractivity contribution is 6.03. The minimum Gasteiger partial charge on any atom is -0.481 e. The van der Waals surface area contributed by atoms with Gasteiger partial charge in [0.2, 0.25) is 5.91 Å². The van der Waals surface area contributed by atoms with Crippen molar-refractivity contribution in [2.24, 2.45) is 0 Å². The first kappa shape index (κ1) is 19.2. The molecule has 3 aromatic carbocycles. The van der Waals surface area contributed by atoms with Gasteiger partial charge in [-0.05, 0) is 48.2 Å². The molecule has 1 aliphatic heterocycles. The molecule has 4 rings (SSSR count). The molecule has 3 unspecified atom stereocenters. The van der Waals surface area contributed by atoms with Gasteiger partial charge in [0.25, 0.3) is 0 Å². The van der Waals surface area contributed by atoms with E-state index >= 15 is 0 Å². The van der Waals surface area contributed by atoms with Gasteiger partial charge in [0.1, 0.15) is 0 Å². The fraction of sp³-hybridized carbons (Fsp3) is 0.280. The molecule has 3 atom stereocenters. The lowest BCUT2D eigenvalue weighted by Crippen LogP contribution is -2.39. The second-order valence-electron chi connectivity index (χ2n) is 7.84. The third-order valence-electron chi connectivity index (χ3n) is 6.15. The number of hydrogen-bond acceptors (Lipinski definition) is 2. The van der Waals surface area contributed by atoms with Gasteiger partial charge < -0.3 is 10.0 Å². The molecule has 1 N–H and O–H groups in total. The van der Waals surface area contributed by atoms with E-state index in [1.165, 1.54) is 0 Å². The maximum Gasteiger partial charge on any atom is 0.303 e. The first-order valence-electron chi connectivity index (χ1n) is 10.1. The number of amides is 1. The summed E-state index contributed by atoms with van der Waals surface area (Å²) in [4.78, 5) is 26.7. The fourth-order valence-electron chi connectivity index (χ4n) is 4.64. The Morgan fingerprint density at radius 2 is 1.69 bits per heavy atom. The minimum absolute atomic E-state index is 0.0333. The number of carbonyl (C=O) groups excluding carboxylic acids is 1. The molecule has 0 radical (unpaired) electrons. The molecule has 0 aromatic heterocycles. The van der Waals surface area contributed by atoms with Crippen molar-refractivity contribution in [2.75, 3.05) is 4.90 Å². The SMILES string of the molecule is CC(C(=O)N1c2ccccc2C(CCC(=O)O)C1C)c1cccc2ccccc12. The Morgan fingerprint density at radius 1 is 1.00 bits per heavy atom. The predicted molar refractivity (Wildman–Crippen MR) is 115 cm³/mol. The van der Waals surface area contributed by atoms with Crippen LogP contribution in [0.4, 0.5) is 5.69 Å². The summed E-state index contributed by atoms with van der Waals surface area (Å²) in [7, 11) is 0. The topological polar surface area (TPSA) is 57.6 Å². The summed E-state index contributed by atoms with van der Waals surface area (Å²) >= 11 is 0. The first-order chi connectivity index (χ1) is 14.0. The number of nitrogens with zero attached hydrogens (tertiary/aromatic N) is 1. The number of carboxylic acids is 1. The molecule has 1 aliphatic rings. The molecule has 0 spiro atoms. The minimum atomic E-state index is -0.802. The van der Waals surface area contributed by atoms with Crippen molar-refractivity contribution in [3.63, 3.8) is 0 Å². The van der Waals surface area contributed by atoms with E-state index in [4.69, 9.17) is 5.11 Å². The number of aliphatic carboxylic acids is 1. The van der Waals surface area contributed by atoms with Gasteiger partial charge in [-0.1, -0.05) is 60.7 Å². The second kappa shape index (κ2) is 7.70. The van der Waals surface area contributed by atoms with Crippen LogP contribution in [0.3, 0.4) is 0 Å². The maximum atomic E-state index is 13.7. The molecule has 29 heavy (non-hydrogen) atoms. The molecule has 148 valence electrons. The Kier molecular flexibility index (Phi) is 5.10. The Morgan fingerprint density at radius 3 is 2.48 bits per heavy atom. The van der Waals surface area contributed by atoms with E-state index in [0.717, 1.165) is 27.6 Å². The van der Waals surface area contributed by atoms with Crippen LogP contribution in [0.2, 0.25) is 0 Å². The van der Waals surface area contributed by atoms with Crippen LogP contribution in [0.5, 0.6) is 0 Å². The molecule has 3 aromatic rings. The van der Waals surface area contributed by atoms with Crippen LogP contribution in [0.1, 0.15) is 49.7 Å². The van der Waals surface area contributed by atoms with Crippen LogP contribution in [0.15, 0.2) is 66.7 Å². The van der Waals surface area contributed by atoms with E-state index in [0.29, 0.717) is 6.42 Å². The Balaban J connectivity index is 1.70. The molecule has 4 nitrogen and oxygen atoms in total. The highest BCUT2D eigenvalue weighted by Gasteiger charge is 2.40. The Bertz CT molecular complexity index is 1070. The number of para-hydroxylation sites is 1. The average molecular weight is 387 g/mol. The summed E-state index contributed by atoms with van der Waals surface area (Å²) in [6.07, 6.45) is 0.629. The van der Waals surface area contributed by atoms with Crippen LogP contribution >= 0.6 is 0 Å². The molecule has 1 heterocycles. The summed E-state index contributed by atoms with van der Waals surface area (Å²) < 4.78 is 0. The van der Waals surface area contributed by atoms with E-state index in [-0.39, 0.29) is 30.2 Å². The van der Waals surface area contributed by atoms with E-state index < -0.39 is 5.97 Å². The highest BCUT2D eigenvalue weighted by atomic mass is 16.4. The van der Waals surface area contributed by atoms with Gasteiger partial charge in [-0.3, -0.25) is 9.59 Å². The average Bonchev–Trinajstić information content (AvgIpc) is 3.02. The van der Waals surface area contributed by atoms with E-state index in [1.807, 2.05) is 67.3 Å². The molecular formula is C25H25NO3. The molecule has 0 saturated heterocycles. The van der Waals surface area contributed by atoms with Gasteiger partial charge in [-0.2, -0.15) is 0 Å². The summed E-state index contributed by atoms with van der Waals surface area (Å²) in [5, 5.41) is 11.4. The molecule has 0 aliphatic carbocycles. The fourth-order valence-corrected chi connectivity index (χ4v) is 4.64. The lowest BCUT2D eigenvalue weighted by atomic mass is 9.90. The lowest BCUT2D eigenvalue weighted by Gasteiger charge is -2.28. The number of carboxylic acid groups (broad SMARTS) is 1. The predicted octanol–water partition coefficient (Wildman–Crippen LogP) is 5.33. The van der Waals surface area contributed by atoms with Crippen LogP contribution in [0, 0.1) is 0 Å². The van der Waals surface area contributed by atoms with E-state index in [9.17, 15) is 9.59 Å². The smallest absolute Gasteiger partial charge is 0.303 e. The lowest BCUT2D eigenvalue weighted by molar-refractivity contribution is -0.137. The van der Waals surface area contributed by atoms with Gasteiger partial charge in [-0.15, -0.1) is 0 Å². The summed E-state index contributed by atoms with van der Waals surface area (Å²) in [6, 6.07) is 22.0. The van der Waals surface area contributed by atoms with Gasteiger partial charge in [0.15, 0.2) is 0 Å². The Hall–Kier alpha value is -3.14. The first-order valence-corrected chi connectivity index (χ1v) is 10.1. The van der Waals surface area contributed by atoms with Crippen molar-refractivity contribution in [3.8, 4) is 0 Å². The number of rotatable bonds is 5.